The van der Waals surface area contributed by atoms with Gasteiger partial charge in [-0.1, -0.05) is 17.7 Å². The Morgan fingerprint density at radius 1 is 1.37 bits per heavy atom. The third-order valence-electron chi connectivity index (χ3n) is 4.27. The molecule has 9 heteroatoms. The Balaban J connectivity index is 1.45. The molecule has 0 spiro atoms. The molecule has 0 unspecified atom stereocenters. The first kappa shape index (κ1) is 18.0. The number of amides is 1. The zero-order chi connectivity index (χ0) is 18.8. The molecule has 2 aromatic heterocycles. The van der Waals surface area contributed by atoms with E-state index in [0.29, 0.717) is 28.8 Å². The molecule has 138 valence electrons. The van der Waals surface area contributed by atoms with Crippen LogP contribution >= 0.6 is 22.9 Å². The molecule has 0 aliphatic carbocycles. The Morgan fingerprint density at radius 2 is 2.26 bits per heavy atom. The molecule has 1 amide bonds. The van der Waals surface area contributed by atoms with Crippen molar-refractivity contribution in [3.63, 3.8) is 0 Å². The molecule has 1 aromatic carbocycles. The number of thiazole rings is 1. The van der Waals surface area contributed by atoms with Crippen LogP contribution in [-0.4, -0.2) is 32.3 Å². The van der Waals surface area contributed by atoms with E-state index >= 15 is 0 Å². The normalized spacial score (nSPS) is 14.0. The lowest BCUT2D eigenvalue weighted by Gasteiger charge is -2.26. The summed E-state index contributed by atoms with van der Waals surface area (Å²) in [7, 11) is 0. The number of carbonyl (C=O) groups is 1. The highest BCUT2D eigenvalue weighted by Crippen LogP contribution is 2.30. The fourth-order valence-electron chi connectivity index (χ4n) is 2.92. The van der Waals surface area contributed by atoms with Gasteiger partial charge in [0.15, 0.2) is 5.13 Å². The van der Waals surface area contributed by atoms with Gasteiger partial charge in [0.1, 0.15) is 11.5 Å². The topological polar surface area (TPSA) is 71.0 Å². The van der Waals surface area contributed by atoms with Gasteiger partial charge >= 0.3 is 0 Å². The van der Waals surface area contributed by atoms with Gasteiger partial charge in [0.05, 0.1) is 11.9 Å². The van der Waals surface area contributed by atoms with Crippen molar-refractivity contribution in [3.05, 3.63) is 69.5 Å². The predicted molar refractivity (Wildman–Crippen MR) is 101 cm³/mol. The summed E-state index contributed by atoms with van der Waals surface area (Å²) in [5.41, 5.74) is 1.70. The Hall–Kier alpha value is -2.42. The van der Waals surface area contributed by atoms with Gasteiger partial charge in [-0.05, 0) is 12.1 Å². The van der Waals surface area contributed by atoms with Crippen molar-refractivity contribution < 1.29 is 9.18 Å². The molecule has 27 heavy (non-hydrogen) atoms. The van der Waals surface area contributed by atoms with Crippen molar-refractivity contribution in [1.29, 1.82) is 0 Å². The SMILES string of the molecule is O=C(Nc1nc2c(s1)CN(Cc1c(F)cccc1Cl)CC2)c1cnccn1. The fourth-order valence-corrected chi connectivity index (χ4v) is 4.19. The van der Waals surface area contributed by atoms with Crippen LogP contribution in [-0.2, 0) is 19.5 Å². The fraction of sp³-hybridized carbons (Fsp3) is 0.222. The van der Waals surface area contributed by atoms with E-state index in [4.69, 9.17) is 11.6 Å². The molecule has 3 aromatic rings. The van der Waals surface area contributed by atoms with E-state index in [0.717, 1.165) is 23.5 Å². The zero-order valence-electron chi connectivity index (χ0n) is 14.2. The minimum absolute atomic E-state index is 0.237. The highest BCUT2D eigenvalue weighted by molar-refractivity contribution is 7.15. The van der Waals surface area contributed by atoms with Crippen molar-refractivity contribution in [1.82, 2.24) is 19.9 Å². The lowest BCUT2D eigenvalue weighted by atomic mass is 10.1. The highest BCUT2D eigenvalue weighted by Gasteiger charge is 2.23. The number of nitrogens with one attached hydrogen (secondary N) is 1. The minimum atomic E-state index is -0.343. The first-order valence-electron chi connectivity index (χ1n) is 8.31. The van der Waals surface area contributed by atoms with Gasteiger partial charge in [0, 0.05) is 53.9 Å². The Bertz CT molecular complexity index is 961. The maximum absolute atomic E-state index is 14.0. The van der Waals surface area contributed by atoms with Crippen molar-refractivity contribution in [2.75, 3.05) is 11.9 Å². The maximum atomic E-state index is 14.0. The largest absolute Gasteiger partial charge is 0.296 e. The van der Waals surface area contributed by atoms with Gasteiger partial charge in [-0.25, -0.2) is 14.4 Å². The Morgan fingerprint density at radius 3 is 3.04 bits per heavy atom. The molecule has 0 atom stereocenters. The number of anilines is 1. The van der Waals surface area contributed by atoms with Gasteiger partial charge < -0.3 is 0 Å². The van der Waals surface area contributed by atoms with Gasteiger partial charge in [-0.2, -0.15) is 0 Å². The van der Waals surface area contributed by atoms with E-state index in [-0.39, 0.29) is 17.4 Å². The number of benzene rings is 1. The maximum Gasteiger partial charge on any atom is 0.277 e. The van der Waals surface area contributed by atoms with Crippen molar-refractivity contribution in [2.24, 2.45) is 0 Å². The molecule has 0 radical (unpaired) electrons. The first-order chi connectivity index (χ1) is 13.1. The standard InChI is InChI=1S/C18H15ClFN5OS/c19-12-2-1-3-13(20)11(12)9-25-7-4-14-16(10-25)27-18(23-14)24-17(26)15-8-21-5-6-22-15/h1-3,5-6,8H,4,7,9-10H2,(H,23,24,26). The predicted octanol–water partition coefficient (Wildman–Crippen LogP) is 3.54. The van der Waals surface area contributed by atoms with Crippen molar-refractivity contribution >= 4 is 34.0 Å². The number of hydrogen-bond acceptors (Lipinski definition) is 6. The molecule has 3 heterocycles. The lowest BCUT2D eigenvalue weighted by molar-refractivity contribution is 0.102. The van der Waals surface area contributed by atoms with Crippen molar-refractivity contribution in [2.45, 2.75) is 19.5 Å². The summed E-state index contributed by atoms with van der Waals surface area (Å²) in [6.45, 7) is 1.82. The molecule has 4 rings (SSSR count). The van der Waals surface area contributed by atoms with E-state index in [1.165, 1.54) is 36.0 Å². The van der Waals surface area contributed by atoms with Crippen LogP contribution in [0.25, 0.3) is 0 Å². The average molecular weight is 404 g/mol. The van der Waals surface area contributed by atoms with E-state index in [1.54, 1.807) is 12.1 Å². The molecule has 6 nitrogen and oxygen atoms in total. The molecule has 0 saturated carbocycles. The van der Waals surface area contributed by atoms with Crippen LogP contribution in [0, 0.1) is 5.82 Å². The van der Waals surface area contributed by atoms with E-state index in [9.17, 15) is 9.18 Å². The third-order valence-corrected chi connectivity index (χ3v) is 5.62. The quantitative estimate of drug-likeness (QED) is 0.721. The average Bonchev–Trinajstić information content (AvgIpc) is 3.07. The second-order valence-electron chi connectivity index (χ2n) is 6.09. The molecule has 0 fully saturated rings. The molecule has 1 N–H and O–H groups in total. The Kier molecular flexibility index (Phi) is 5.11. The molecule has 0 saturated heterocycles. The molecular formula is C18H15ClFN5OS. The van der Waals surface area contributed by atoms with Crippen molar-refractivity contribution in [3.8, 4) is 0 Å². The zero-order valence-corrected chi connectivity index (χ0v) is 15.7. The Labute approximate surface area is 164 Å². The highest BCUT2D eigenvalue weighted by atomic mass is 35.5. The van der Waals surface area contributed by atoms with E-state index in [1.807, 2.05) is 0 Å². The summed E-state index contributed by atoms with van der Waals surface area (Å²) in [5.74, 6) is -0.640. The van der Waals surface area contributed by atoms with E-state index < -0.39 is 0 Å². The lowest BCUT2D eigenvalue weighted by Crippen LogP contribution is -2.29. The summed E-state index contributed by atoms with van der Waals surface area (Å²) in [6, 6.07) is 4.72. The smallest absolute Gasteiger partial charge is 0.277 e. The summed E-state index contributed by atoms with van der Waals surface area (Å²) in [5, 5.41) is 3.73. The van der Waals surface area contributed by atoms with Crippen LogP contribution in [0.15, 0.2) is 36.8 Å². The molecule has 0 bridgehead atoms. The third kappa shape index (κ3) is 3.97. The van der Waals surface area contributed by atoms with Crippen LogP contribution in [0.2, 0.25) is 5.02 Å². The number of nitrogens with zero attached hydrogens (tertiary/aromatic N) is 4. The number of fused-ring (bicyclic) bond motifs is 1. The summed E-state index contributed by atoms with van der Waals surface area (Å²) in [6.07, 6.45) is 5.12. The van der Waals surface area contributed by atoms with Crippen LogP contribution in [0.1, 0.15) is 26.6 Å². The number of aromatic nitrogens is 3. The second kappa shape index (κ2) is 7.67. The van der Waals surface area contributed by atoms with Crippen LogP contribution in [0.4, 0.5) is 9.52 Å². The first-order valence-corrected chi connectivity index (χ1v) is 9.51. The number of carbonyl (C=O) groups excluding carboxylic acids is 1. The van der Waals surface area contributed by atoms with Gasteiger partial charge in [0.2, 0.25) is 0 Å². The van der Waals surface area contributed by atoms with Gasteiger partial charge in [0.25, 0.3) is 5.91 Å². The van der Waals surface area contributed by atoms with Crippen LogP contribution in [0.3, 0.4) is 0 Å². The number of halogens is 2. The second-order valence-corrected chi connectivity index (χ2v) is 7.59. The molecule has 1 aliphatic heterocycles. The summed E-state index contributed by atoms with van der Waals surface area (Å²) < 4.78 is 14.0. The molecule has 1 aliphatic rings. The number of hydrogen-bond donors (Lipinski definition) is 1. The minimum Gasteiger partial charge on any atom is -0.296 e. The van der Waals surface area contributed by atoms with Crippen LogP contribution < -0.4 is 5.32 Å². The van der Waals surface area contributed by atoms with Gasteiger partial charge in [-0.15, -0.1) is 11.3 Å². The summed E-state index contributed by atoms with van der Waals surface area (Å²) >= 11 is 7.56. The van der Waals surface area contributed by atoms with E-state index in [2.05, 4.69) is 25.2 Å². The molecular weight excluding hydrogens is 389 g/mol. The van der Waals surface area contributed by atoms with Crippen LogP contribution in [0.5, 0.6) is 0 Å². The number of rotatable bonds is 4. The summed E-state index contributed by atoms with van der Waals surface area (Å²) in [4.78, 5) is 27.7. The van der Waals surface area contributed by atoms with Gasteiger partial charge in [-0.3, -0.25) is 20.0 Å². The monoisotopic (exact) mass is 403 g/mol.